The summed E-state index contributed by atoms with van der Waals surface area (Å²) in [6, 6.07) is 9.07. The lowest BCUT2D eigenvalue weighted by Crippen LogP contribution is -2.41. The number of nitrogens with one attached hydrogen (secondary N) is 3. The zero-order valence-electron chi connectivity index (χ0n) is 19.2. The molecule has 0 saturated carbocycles. The number of hydrogen-bond donors (Lipinski definition) is 3. The van der Waals surface area contributed by atoms with E-state index in [1.54, 1.807) is 18.7 Å². The Hall–Kier alpha value is -2.06. The summed E-state index contributed by atoms with van der Waals surface area (Å²) in [5.41, 5.74) is 0. The highest BCUT2D eigenvalue weighted by Crippen LogP contribution is 2.17. The summed E-state index contributed by atoms with van der Waals surface area (Å²) in [6.07, 6.45) is 0. The van der Waals surface area contributed by atoms with Crippen molar-refractivity contribution in [3.8, 4) is 0 Å². The minimum atomic E-state index is -4.02. The predicted molar refractivity (Wildman–Crippen MR) is 131 cm³/mol. The van der Waals surface area contributed by atoms with E-state index in [1.807, 2.05) is 31.1 Å². The van der Waals surface area contributed by atoms with Gasteiger partial charge in [0.1, 0.15) is 11.5 Å². The molecular weight excluding hydrogens is 486 g/mol. The lowest BCUT2D eigenvalue weighted by molar-refractivity contribution is 0.344. The molecule has 10 nitrogen and oxygen atoms in total. The molecule has 0 aliphatic heterocycles. The Labute approximate surface area is 200 Å². The summed E-state index contributed by atoms with van der Waals surface area (Å²) < 4.78 is 60.3. The lowest BCUT2D eigenvalue weighted by atomic mass is 10.4. The van der Waals surface area contributed by atoms with E-state index in [9.17, 15) is 16.8 Å². The molecule has 13 heteroatoms. The minimum Gasteiger partial charge on any atom is -0.464 e. The zero-order valence-corrected chi connectivity index (χ0v) is 21.6. The van der Waals surface area contributed by atoms with Crippen molar-refractivity contribution >= 4 is 37.8 Å². The number of guanidine groups is 1. The first-order valence-electron chi connectivity index (χ1n) is 10.2. The monoisotopic (exact) mass is 517 g/mol. The van der Waals surface area contributed by atoms with Crippen LogP contribution in [0, 0.1) is 0 Å². The Morgan fingerprint density at radius 2 is 1.73 bits per heavy atom. The van der Waals surface area contributed by atoms with Crippen LogP contribution in [-0.4, -0.2) is 67.7 Å². The van der Waals surface area contributed by atoms with Gasteiger partial charge in [-0.3, -0.25) is 4.99 Å². The number of hydrogen-bond acceptors (Lipinski definition) is 8. The standard InChI is InChI=1S/C20H31N5O5S3/c1-5-23-32(26,27)18-7-6-8-19(13-18)33(28,29)24-20(21-2)22-11-12-31-15-17-10-9-16(30-17)14-25(3)4/h6-10,13,23H,5,11-12,14-15H2,1-4H3,(H2,21,22,24). The number of thioether (sulfide) groups is 1. The Kier molecular flexibility index (Phi) is 10.2. The van der Waals surface area contributed by atoms with Gasteiger partial charge in [-0.2, -0.15) is 11.8 Å². The SMILES string of the molecule is CCNS(=O)(=O)c1cccc(S(=O)(=O)NC(=NC)NCCSCc2ccc(CN(C)C)o2)c1. The molecule has 2 aromatic rings. The molecule has 0 amide bonds. The van der Waals surface area contributed by atoms with Crippen LogP contribution in [0.2, 0.25) is 0 Å². The molecule has 184 valence electrons. The highest BCUT2D eigenvalue weighted by atomic mass is 32.2. The molecule has 1 aromatic carbocycles. The summed E-state index contributed by atoms with van der Waals surface area (Å²) in [4.78, 5) is 5.67. The van der Waals surface area contributed by atoms with Gasteiger partial charge in [0.15, 0.2) is 0 Å². The van der Waals surface area contributed by atoms with Gasteiger partial charge in [0.05, 0.1) is 22.1 Å². The molecule has 1 heterocycles. The molecule has 0 bridgehead atoms. The molecule has 0 atom stereocenters. The molecule has 33 heavy (non-hydrogen) atoms. The summed E-state index contributed by atoms with van der Waals surface area (Å²) >= 11 is 1.64. The van der Waals surface area contributed by atoms with Gasteiger partial charge in [0, 0.05) is 25.9 Å². The number of furan rings is 1. The Balaban J connectivity index is 1.88. The van der Waals surface area contributed by atoms with Gasteiger partial charge in [-0.25, -0.2) is 26.3 Å². The van der Waals surface area contributed by atoms with Crippen molar-refractivity contribution < 1.29 is 21.3 Å². The van der Waals surface area contributed by atoms with Gasteiger partial charge in [-0.1, -0.05) is 13.0 Å². The molecule has 0 fully saturated rings. The predicted octanol–water partition coefficient (Wildman–Crippen LogP) is 1.43. The van der Waals surface area contributed by atoms with E-state index in [2.05, 4.69) is 19.8 Å². The van der Waals surface area contributed by atoms with Gasteiger partial charge in [0.25, 0.3) is 10.0 Å². The molecule has 1 aromatic heterocycles. The second kappa shape index (κ2) is 12.4. The fourth-order valence-electron chi connectivity index (χ4n) is 2.74. The number of rotatable bonds is 12. The highest BCUT2D eigenvalue weighted by molar-refractivity contribution is 7.98. The first-order chi connectivity index (χ1) is 15.6. The van der Waals surface area contributed by atoms with Crippen LogP contribution in [0.1, 0.15) is 18.4 Å². The molecule has 0 saturated heterocycles. The second-order valence-electron chi connectivity index (χ2n) is 7.24. The molecule has 0 unspecified atom stereocenters. The van der Waals surface area contributed by atoms with Crippen LogP contribution < -0.4 is 14.8 Å². The van der Waals surface area contributed by atoms with E-state index < -0.39 is 20.0 Å². The fraction of sp³-hybridized carbons (Fsp3) is 0.450. The number of aliphatic imine (C=N–C) groups is 1. The third kappa shape index (κ3) is 8.66. The van der Waals surface area contributed by atoms with E-state index in [0.29, 0.717) is 18.1 Å². The first kappa shape index (κ1) is 27.2. The van der Waals surface area contributed by atoms with Crippen molar-refractivity contribution in [3.63, 3.8) is 0 Å². The van der Waals surface area contributed by atoms with Crippen molar-refractivity contribution in [2.24, 2.45) is 4.99 Å². The van der Waals surface area contributed by atoms with Crippen LogP contribution >= 0.6 is 11.8 Å². The smallest absolute Gasteiger partial charge is 0.264 e. The van der Waals surface area contributed by atoms with Crippen LogP contribution in [0.25, 0.3) is 0 Å². The lowest BCUT2D eigenvalue weighted by Gasteiger charge is -2.13. The Bertz CT molecular complexity index is 1140. The number of benzene rings is 1. The molecular formula is C20H31N5O5S3. The minimum absolute atomic E-state index is 0.0711. The molecule has 0 aliphatic rings. The second-order valence-corrected chi connectivity index (χ2v) is 11.8. The topological polar surface area (TPSA) is 133 Å². The maximum atomic E-state index is 12.7. The summed E-state index contributed by atoms with van der Waals surface area (Å²) in [5.74, 6) is 3.26. The maximum absolute atomic E-state index is 12.7. The molecule has 2 rings (SSSR count). The normalized spacial score (nSPS) is 12.8. The van der Waals surface area contributed by atoms with Gasteiger partial charge in [-0.15, -0.1) is 0 Å². The van der Waals surface area contributed by atoms with Crippen LogP contribution in [0.5, 0.6) is 0 Å². The van der Waals surface area contributed by atoms with E-state index >= 15 is 0 Å². The van der Waals surface area contributed by atoms with Gasteiger partial charge in [-0.05, 0) is 44.4 Å². The summed E-state index contributed by atoms with van der Waals surface area (Å²) in [6.45, 7) is 3.06. The van der Waals surface area contributed by atoms with Crippen molar-refractivity contribution in [1.82, 2.24) is 19.7 Å². The Morgan fingerprint density at radius 1 is 1.06 bits per heavy atom. The van der Waals surface area contributed by atoms with Gasteiger partial charge in [0.2, 0.25) is 16.0 Å². The molecule has 0 radical (unpaired) electrons. The third-order valence-electron chi connectivity index (χ3n) is 4.19. The van der Waals surface area contributed by atoms with Crippen LogP contribution in [0.4, 0.5) is 0 Å². The summed E-state index contributed by atoms with van der Waals surface area (Å²) in [7, 11) is -2.39. The highest BCUT2D eigenvalue weighted by Gasteiger charge is 2.20. The maximum Gasteiger partial charge on any atom is 0.264 e. The van der Waals surface area contributed by atoms with Crippen LogP contribution in [-0.2, 0) is 32.3 Å². The van der Waals surface area contributed by atoms with Gasteiger partial charge < -0.3 is 14.6 Å². The van der Waals surface area contributed by atoms with Gasteiger partial charge >= 0.3 is 0 Å². The number of sulfonamides is 2. The van der Waals surface area contributed by atoms with Crippen LogP contribution in [0.3, 0.4) is 0 Å². The van der Waals surface area contributed by atoms with E-state index in [4.69, 9.17) is 4.42 Å². The van der Waals surface area contributed by atoms with E-state index in [0.717, 1.165) is 24.1 Å². The fourth-order valence-corrected chi connectivity index (χ4v) is 5.72. The average Bonchev–Trinajstić information content (AvgIpc) is 3.19. The largest absolute Gasteiger partial charge is 0.464 e. The van der Waals surface area contributed by atoms with Crippen molar-refractivity contribution in [1.29, 1.82) is 0 Å². The quantitative estimate of drug-likeness (QED) is 0.219. The van der Waals surface area contributed by atoms with Crippen LogP contribution in [0.15, 0.2) is 55.6 Å². The molecule has 3 N–H and O–H groups in total. The average molecular weight is 518 g/mol. The van der Waals surface area contributed by atoms with E-state index in [1.165, 1.54) is 25.2 Å². The molecule has 0 spiro atoms. The number of nitrogens with zero attached hydrogens (tertiary/aromatic N) is 2. The van der Waals surface area contributed by atoms with Crippen molar-refractivity contribution in [2.75, 3.05) is 40.0 Å². The summed E-state index contributed by atoms with van der Waals surface area (Å²) in [5, 5.41) is 2.95. The molecule has 0 aliphatic carbocycles. The van der Waals surface area contributed by atoms with Crippen molar-refractivity contribution in [2.45, 2.75) is 29.0 Å². The van der Waals surface area contributed by atoms with E-state index in [-0.39, 0.29) is 22.3 Å². The first-order valence-corrected chi connectivity index (χ1v) is 14.3. The third-order valence-corrected chi connectivity index (χ3v) is 8.05. The zero-order chi connectivity index (χ0) is 24.5. The van der Waals surface area contributed by atoms with Crippen molar-refractivity contribution in [3.05, 3.63) is 47.9 Å². The Morgan fingerprint density at radius 3 is 2.36 bits per heavy atom.